The van der Waals surface area contributed by atoms with E-state index in [0.29, 0.717) is 0 Å². The van der Waals surface area contributed by atoms with Crippen LogP contribution in [0.1, 0.15) is 146 Å². The average molecular weight is 634 g/mol. The Morgan fingerprint density at radius 2 is 1.00 bits per heavy atom. The summed E-state index contributed by atoms with van der Waals surface area (Å²) in [5.41, 5.74) is 2.91. The van der Waals surface area contributed by atoms with Gasteiger partial charge in [-0.25, -0.2) is 4.57 Å². The zero-order valence-corrected chi connectivity index (χ0v) is 26.7. The number of rotatable bonds is 26. The molecule has 0 saturated carbocycles. The van der Waals surface area contributed by atoms with Gasteiger partial charge in [0.25, 0.3) is 0 Å². The summed E-state index contributed by atoms with van der Waals surface area (Å²) < 4.78 is 3.76. The lowest BCUT2D eigenvalue weighted by atomic mass is 10.0. The van der Waals surface area contributed by atoms with Crippen molar-refractivity contribution in [3.05, 3.63) is 60.2 Å². The molecule has 2 aromatic rings. The van der Waals surface area contributed by atoms with Crippen LogP contribution in [-0.4, -0.2) is 9.41 Å². The van der Waals surface area contributed by atoms with Gasteiger partial charge in [-0.2, -0.15) is 0 Å². The number of hydrogen-bond donors (Lipinski definition) is 0. The minimum absolute atomic E-state index is 1.19. The van der Waals surface area contributed by atoms with Gasteiger partial charge in [0.1, 0.15) is 6.54 Å². The van der Waals surface area contributed by atoms with Crippen LogP contribution < -0.4 is 4.57 Å². The maximum Gasteiger partial charge on any atom is 0.171 e. The molecule has 0 aliphatic heterocycles. The zero-order valence-electron chi connectivity index (χ0n) is 24.6. The Kier molecular flexibility index (Phi) is 21.9. The van der Waals surface area contributed by atoms with Crippen molar-refractivity contribution in [3.8, 4) is 0 Å². The highest BCUT2D eigenvalue weighted by molar-refractivity contribution is 14.1. The van der Waals surface area contributed by atoms with Gasteiger partial charge in [0.05, 0.1) is 0 Å². The van der Waals surface area contributed by atoms with E-state index >= 15 is 0 Å². The van der Waals surface area contributed by atoms with E-state index in [1.165, 1.54) is 170 Å². The van der Waals surface area contributed by atoms with Crippen molar-refractivity contribution in [1.29, 1.82) is 0 Å². The molecule has 0 atom stereocenters. The van der Waals surface area contributed by atoms with E-state index in [0.717, 1.165) is 0 Å². The fraction of sp³-hybridized carbons (Fsp3) is 0.714. The summed E-state index contributed by atoms with van der Waals surface area (Å²) in [7, 11) is 0. The summed E-state index contributed by atoms with van der Waals surface area (Å²) >= 11 is 2.50. The lowest BCUT2D eigenvalue weighted by Gasteiger charge is -2.04. The molecular weight excluding hydrogens is 575 g/mol. The van der Waals surface area contributed by atoms with Crippen LogP contribution >= 0.6 is 22.6 Å². The molecule has 38 heavy (non-hydrogen) atoms. The molecule has 0 radical (unpaired) electrons. The third kappa shape index (κ3) is 19.1. The van der Waals surface area contributed by atoms with Gasteiger partial charge < -0.3 is 0 Å². The standard InChI is InChI=1S/C35H58IN2/c36-28-20-16-12-8-4-3-7-11-15-19-25-35-27-23-31-38(33-35)30-21-17-13-9-5-1-2-6-10-14-18-24-34-26-22-29-37-32-34/h22-23,26-27,29,31-33H,1-21,24-25,28,30H2/q+1. The Morgan fingerprint density at radius 1 is 0.526 bits per heavy atom. The molecule has 0 fully saturated rings. The number of pyridine rings is 2. The summed E-state index contributed by atoms with van der Waals surface area (Å²) in [4.78, 5) is 4.21. The summed E-state index contributed by atoms with van der Waals surface area (Å²) in [6, 6.07) is 8.83. The zero-order chi connectivity index (χ0) is 26.8. The first-order chi connectivity index (χ1) is 18.9. The molecule has 0 aliphatic rings. The lowest BCUT2D eigenvalue weighted by Crippen LogP contribution is -2.33. The number of alkyl halides is 1. The first kappa shape index (κ1) is 33.2. The quantitative estimate of drug-likeness (QED) is 0.0436. The predicted molar refractivity (Wildman–Crippen MR) is 174 cm³/mol. The normalized spacial score (nSPS) is 11.3. The van der Waals surface area contributed by atoms with Crippen molar-refractivity contribution >= 4 is 22.6 Å². The average Bonchev–Trinajstić information content (AvgIpc) is 2.95. The number of aromatic nitrogens is 2. The van der Waals surface area contributed by atoms with Gasteiger partial charge in [-0.3, -0.25) is 4.98 Å². The second kappa shape index (κ2) is 25.0. The molecule has 3 heteroatoms. The summed E-state index contributed by atoms with van der Waals surface area (Å²) in [5, 5.41) is 0. The minimum Gasteiger partial charge on any atom is -0.264 e. The molecule has 2 rings (SSSR count). The molecule has 214 valence electrons. The third-order valence-electron chi connectivity index (χ3n) is 7.87. The first-order valence-electron chi connectivity index (χ1n) is 16.3. The summed E-state index contributed by atoms with van der Waals surface area (Å²) in [6.45, 7) is 1.19. The summed E-state index contributed by atoms with van der Waals surface area (Å²) in [5.74, 6) is 0. The monoisotopic (exact) mass is 633 g/mol. The lowest BCUT2D eigenvalue weighted by molar-refractivity contribution is -0.697. The van der Waals surface area contributed by atoms with Gasteiger partial charge >= 0.3 is 0 Å². The van der Waals surface area contributed by atoms with Crippen molar-refractivity contribution in [2.24, 2.45) is 0 Å². The van der Waals surface area contributed by atoms with Gasteiger partial charge in [0.2, 0.25) is 0 Å². The van der Waals surface area contributed by atoms with Crippen LogP contribution in [0, 0.1) is 0 Å². The second-order valence-electron chi connectivity index (χ2n) is 11.4. The molecule has 2 aromatic heterocycles. The Labute approximate surface area is 250 Å². The van der Waals surface area contributed by atoms with E-state index in [9.17, 15) is 0 Å². The maximum atomic E-state index is 4.21. The molecule has 0 saturated heterocycles. The fourth-order valence-electron chi connectivity index (χ4n) is 5.46. The van der Waals surface area contributed by atoms with E-state index < -0.39 is 0 Å². The van der Waals surface area contributed by atoms with Crippen LogP contribution in [0.5, 0.6) is 0 Å². The Balaban J connectivity index is 1.34. The maximum absolute atomic E-state index is 4.21. The van der Waals surface area contributed by atoms with Gasteiger partial charge in [-0.15, -0.1) is 0 Å². The molecule has 2 heterocycles. The van der Waals surface area contributed by atoms with E-state index in [1.807, 2.05) is 18.5 Å². The number of unbranched alkanes of at least 4 members (excludes halogenated alkanes) is 19. The molecule has 2 nitrogen and oxygen atoms in total. The largest absolute Gasteiger partial charge is 0.264 e. The third-order valence-corrected chi connectivity index (χ3v) is 8.64. The molecule has 0 aliphatic carbocycles. The number of nitrogens with zero attached hydrogens (tertiary/aromatic N) is 2. The van der Waals surface area contributed by atoms with Crippen LogP contribution in [-0.2, 0) is 19.4 Å². The van der Waals surface area contributed by atoms with Gasteiger partial charge in [-0.1, -0.05) is 131 Å². The fourth-order valence-corrected chi connectivity index (χ4v) is 6.00. The van der Waals surface area contributed by atoms with Gasteiger partial charge in [-0.05, 0) is 60.6 Å². The van der Waals surface area contributed by atoms with E-state index in [1.54, 1.807) is 0 Å². The summed E-state index contributed by atoms with van der Waals surface area (Å²) in [6.07, 6.45) is 40.6. The van der Waals surface area contributed by atoms with Crippen molar-refractivity contribution < 1.29 is 4.57 Å². The SMILES string of the molecule is ICCCCCCCCCCCCc1ccc[n+](CCCCCCCCCCCCCc2cccnc2)c1. The Hall–Kier alpha value is -0.970. The highest BCUT2D eigenvalue weighted by atomic mass is 127. The number of halogens is 1. The van der Waals surface area contributed by atoms with Gasteiger partial charge in [0, 0.05) is 30.4 Å². The number of aryl methyl sites for hydroxylation is 3. The van der Waals surface area contributed by atoms with Crippen molar-refractivity contribution in [2.75, 3.05) is 4.43 Å². The van der Waals surface area contributed by atoms with Crippen molar-refractivity contribution in [2.45, 2.75) is 154 Å². The first-order valence-corrected chi connectivity index (χ1v) is 17.8. The van der Waals surface area contributed by atoms with E-state index in [4.69, 9.17) is 0 Å². The molecule has 0 aromatic carbocycles. The van der Waals surface area contributed by atoms with Crippen LogP contribution in [0.2, 0.25) is 0 Å². The van der Waals surface area contributed by atoms with Crippen molar-refractivity contribution in [1.82, 2.24) is 4.98 Å². The second-order valence-corrected chi connectivity index (χ2v) is 12.5. The van der Waals surface area contributed by atoms with Crippen LogP contribution in [0.25, 0.3) is 0 Å². The van der Waals surface area contributed by atoms with E-state index in [-0.39, 0.29) is 0 Å². The molecule has 0 bridgehead atoms. The Morgan fingerprint density at radius 3 is 1.53 bits per heavy atom. The predicted octanol–water partition coefficient (Wildman–Crippen LogP) is 10.8. The topological polar surface area (TPSA) is 16.8 Å². The molecule has 0 amide bonds. The molecule has 0 spiro atoms. The highest BCUT2D eigenvalue weighted by Crippen LogP contribution is 2.14. The Bertz CT molecular complexity index is 764. The number of hydrogen-bond acceptors (Lipinski definition) is 1. The molecular formula is C35H58IN2+. The van der Waals surface area contributed by atoms with Crippen molar-refractivity contribution in [3.63, 3.8) is 0 Å². The van der Waals surface area contributed by atoms with E-state index in [2.05, 4.69) is 62.7 Å². The molecule has 0 N–H and O–H groups in total. The minimum atomic E-state index is 1.19. The molecule has 0 unspecified atom stereocenters. The van der Waals surface area contributed by atoms with Crippen LogP contribution in [0.15, 0.2) is 49.1 Å². The van der Waals surface area contributed by atoms with Crippen LogP contribution in [0.3, 0.4) is 0 Å². The van der Waals surface area contributed by atoms with Crippen LogP contribution in [0.4, 0.5) is 0 Å². The van der Waals surface area contributed by atoms with Gasteiger partial charge in [0.15, 0.2) is 12.4 Å². The smallest absolute Gasteiger partial charge is 0.171 e. The highest BCUT2D eigenvalue weighted by Gasteiger charge is 2.03.